The molecule has 0 heterocycles. The lowest BCUT2D eigenvalue weighted by Gasteiger charge is -2.19. The first-order valence-electron chi connectivity index (χ1n) is 9.66. The molecule has 1 aromatic rings. The van der Waals surface area contributed by atoms with Crippen LogP contribution in [-0.2, 0) is 30.3 Å². The fourth-order valence-corrected chi connectivity index (χ4v) is 2.54. The minimum atomic E-state index is -4.93. The maximum atomic E-state index is 12.2. The second-order valence-electron chi connectivity index (χ2n) is 6.56. The molecule has 0 aliphatic carbocycles. The van der Waals surface area contributed by atoms with E-state index >= 15 is 0 Å². The molecular formula is C20H27F3N2O5. The van der Waals surface area contributed by atoms with Crippen molar-refractivity contribution >= 4 is 17.8 Å². The number of benzene rings is 1. The number of carbonyl (C=O) groups is 3. The quantitative estimate of drug-likeness (QED) is 0.388. The number of rotatable bonds is 12. The molecule has 3 N–H and O–H groups in total. The lowest BCUT2D eigenvalue weighted by atomic mass is 10.1. The molecule has 1 aromatic carbocycles. The second-order valence-corrected chi connectivity index (χ2v) is 6.56. The van der Waals surface area contributed by atoms with E-state index in [2.05, 4.69) is 0 Å². The Morgan fingerprint density at radius 2 is 1.73 bits per heavy atom. The van der Waals surface area contributed by atoms with Gasteiger partial charge in [-0.3, -0.25) is 9.59 Å². The van der Waals surface area contributed by atoms with Crippen molar-refractivity contribution in [2.45, 2.75) is 57.3 Å². The van der Waals surface area contributed by atoms with Crippen LogP contribution in [0.5, 0.6) is 0 Å². The van der Waals surface area contributed by atoms with Crippen molar-refractivity contribution in [3.8, 4) is 0 Å². The molecule has 0 aliphatic heterocycles. The summed E-state index contributed by atoms with van der Waals surface area (Å²) < 4.78 is 46.4. The summed E-state index contributed by atoms with van der Waals surface area (Å²) in [7, 11) is 0. The Labute approximate surface area is 173 Å². The number of hydrogen-bond acceptors (Lipinski definition) is 6. The van der Waals surface area contributed by atoms with Crippen LogP contribution in [0.4, 0.5) is 13.2 Å². The van der Waals surface area contributed by atoms with Gasteiger partial charge in [-0.15, -0.1) is 0 Å². The molecule has 1 rings (SSSR count). The van der Waals surface area contributed by atoms with E-state index in [9.17, 15) is 27.6 Å². The summed E-state index contributed by atoms with van der Waals surface area (Å²) in [5, 5.41) is 1.74. The van der Waals surface area contributed by atoms with Crippen LogP contribution in [0.15, 0.2) is 30.3 Å². The van der Waals surface area contributed by atoms with Crippen molar-refractivity contribution < 1.29 is 37.0 Å². The lowest BCUT2D eigenvalue weighted by Crippen LogP contribution is -2.39. The summed E-state index contributed by atoms with van der Waals surface area (Å²) in [6, 6.07) is 8.29. The SMILES string of the molecule is CCOC(=O)[C@H](CCc1ccccc1)OC(=O)[C@@H](N)CCCCNC(=O)C(F)(F)F. The van der Waals surface area contributed by atoms with E-state index in [4.69, 9.17) is 15.2 Å². The Morgan fingerprint density at radius 1 is 1.07 bits per heavy atom. The van der Waals surface area contributed by atoms with Gasteiger partial charge in [-0.1, -0.05) is 30.3 Å². The third kappa shape index (κ3) is 9.73. The molecule has 0 bridgehead atoms. The molecule has 0 spiro atoms. The van der Waals surface area contributed by atoms with Crippen LogP contribution < -0.4 is 11.1 Å². The molecular weight excluding hydrogens is 405 g/mol. The monoisotopic (exact) mass is 432 g/mol. The first-order valence-corrected chi connectivity index (χ1v) is 9.66. The van der Waals surface area contributed by atoms with Crippen molar-refractivity contribution in [1.82, 2.24) is 5.32 Å². The van der Waals surface area contributed by atoms with Gasteiger partial charge < -0.3 is 20.5 Å². The molecule has 30 heavy (non-hydrogen) atoms. The average molecular weight is 432 g/mol. The van der Waals surface area contributed by atoms with Crippen molar-refractivity contribution in [2.75, 3.05) is 13.2 Å². The van der Waals surface area contributed by atoms with E-state index in [1.54, 1.807) is 12.2 Å². The zero-order valence-electron chi connectivity index (χ0n) is 16.7. The van der Waals surface area contributed by atoms with Gasteiger partial charge in [0.25, 0.3) is 0 Å². The number of aryl methyl sites for hydroxylation is 1. The van der Waals surface area contributed by atoms with Crippen LogP contribution in [0.25, 0.3) is 0 Å². The molecule has 0 aromatic heterocycles. The summed E-state index contributed by atoms with van der Waals surface area (Å²) in [4.78, 5) is 35.0. The second kappa shape index (κ2) is 12.8. The van der Waals surface area contributed by atoms with Gasteiger partial charge in [-0.05, 0) is 44.6 Å². The van der Waals surface area contributed by atoms with Gasteiger partial charge in [0.2, 0.25) is 0 Å². The summed E-state index contributed by atoms with van der Waals surface area (Å²) in [5.74, 6) is -3.47. The molecule has 0 saturated carbocycles. The van der Waals surface area contributed by atoms with Gasteiger partial charge in [0, 0.05) is 6.54 Å². The van der Waals surface area contributed by atoms with Crippen molar-refractivity contribution in [2.24, 2.45) is 5.73 Å². The predicted molar refractivity (Wildman–Crippen MR) is 102 cm³/mol. The summed E-state index contributed by atoms with van der Waals surface area (Å²) in [6.07, 6.45) is -4.68. The first kappa shape index (κ1) is 25.4. The molecule has 2 atom stereocenters. The number of unbranched alkanes of at least 4 members (excludes halogenated alkanes) is 1. The highest BCUT2D eigenvalue weighted by atomic mass is 19.4. The number of amides is 1. The van der Waals surface area contributed by atoms with Crippen LogP contribution in [-0.4, -0.2) is 49.3 Å². The lowest BCUT2D eigenvalue weighted by molar-refractivity contribution is -0.173. The zero-order chi connectivity index (χ0) is 22.6. The summed E-state index contributed by atoms with van der Waals surface area (Å²) in [6.45, 7) is 1.58. The standard InChI is InChI=1S/C20H27F3N2O5/c1-2-29-18(27)16(12-11-14-8-4-3-5-9-14)30-17(26)15(24)10-6-7-13-25-19(28)20(21,22)23/h3-5,8-9,15-16H,2,6-7,10-13,24H2,1H3,(H,25,28)/t15-,16-/m0/s1. The Bertz CT molecular complexity index is 683. The number of hydrogen-bond donors (Lipinski definition) is 2. The molecule has 10 heteroatoms. The smallest absolute Gasteiger partial charge is 0.463 e. The van der Waals surface area contributed by atoms with Crippen LogP contribution in [0.3, 0.4) is 0 Å². The van der Waals surface area contributed by atoms with E-state index in [1.165, 1.54) is 0 Å². The third-order valence-electron chi connectivity index (χ3n) is 4.13. The van der Waals surface area contributed by atoms with Crippen LogP contribution in [0.1, 0.15) is 38.2 Å². The fourth-order valence-electron chi connectivity index (χ4n) is 2.54. The van der Waals surface area contributed by atoms with Gasteiger partial charge in [0.15, 0.2) is 6.10 Å². The molecule has 1 amide bonds. The number of nitrogens with one attached hydrogen (secondary N) is 1. The van der Waals surface area contributed by atoms with Crippen LogP contribution >= 0.6 is 0 Å². The minimum Gasteiger partial charge on any atom is -0.463 e. The number of esters is 2. The highest BCUT2D eigenvalue weighted by molar-refractivity contribution is 5.82. The normalized spacial score (nSPS) is 13.2. The van der Waals surface area contributed by atoms with E-state index < -0.39 is 36.2 Å². The highest BCUT2D eigenvalue weighted by Crippen LogP contribution is 2.14. The van der Waals surface area contributed by atoms with Crippen LogP contribution in [0.2, 0.25) is 0 Å². The molecule has 168 valence electrons. The van der Waals surface area contributed by atoms with E-state index in [0.29, 0.717) is 12.8 Å². The molecule has 0 saturated heterocycles. The molecule has 0 unspecified atom stereocenters. The van der Waals surface area contributed by atoms with Gasteiger partial charge in [0.1, 0.15) is 6.04 Å². The molecule has 7 nitrogen and oxygen atoms in total. The Kier molecular flexibility index (Phi) is 10.9. The van der Waals surface area contributed by atoms with Crippen molar-refractivity contribution in [3.05, 3.63) is 35.9 Å². The topological polar surface area (TPSA) is 108 Å². The molecule has 0 radical (unpaired) electrons. The number of nitrogens with two attached hydrogens (primary N) is 1. The van der Waals surface area contributed by atoms with Crippen molar-refractivity contribution in [1.29, 1.82) is 0 Å². The van der Waals surface area contributed by atoms with Gasteiger partial charge >= 0.3 is 24.0 Å². The van der Waals surface area contributed by atoms with Crippen molar-refractivity contribution in [3.63, 3.8) is 0 Å². The molecule has 0 aliphatic rings. The number of carbonyl (C=O) groups excluding carboxylic acids is 3. The minimum absolute atomic E-state index is 0.133. The Balaban J connectivity index is 2.44. The summed E-state index contributed by atoms with van der Waals surface area (Å²) >= 11 is 0. The Morgan fingerprint density at radius 3 is 2.33 bits per heavy atom. The van der Waals surface area contributed by atoms with E-state index in [1.807, 2.05) is 30.3 Å². The summed E-state index contributed by atoms with van der Waals surface area (Å²) in [5.41, 5.74) is 6.73. The average Bonchev–Trinajstić information content (AvgIpc) is 2.70. The van der Waals surface area contributed by atoms with Gasteiger partial charge in [-0.25, -0.2) is 4.79 Å². The van der Waals surface area contributed by atoms with Crippen LogP contribution in [0, 0.1) is 0 Å². The first-order chi connectivity index (χ1) is 14.1. The number of alkyl halides is 3. The largest absolute Gasteiger partial charge is 0.471 e. The third-order valence-corrected chi connectivity index (χ3v) is 4.13. The molecule has 0 fully saturated rings. The van der Waals surface area contributed by atoms with E-state index in [-0.39, 0.29) is 32.4 Å². The predicted octanol–water partition coefficient (Wildman–Crippen LogP) is 2.27. The number of halogens is 3. The maximum absolute atomic E-state index is 12.2. The fraction of sp³-hybridized carbons (Fsp3) is 0.550. The Hall–Kier alpha value is -2.62. The van der Waals surface area contributed by atoms with Gasteiger partial charge in [-0.2, -0.15) is 13.2 Å². The number of ether oxygens (including phenoxy) is 2. The van der Waals surface area contributed by atoms with Gasteiger partial charge in [0.05, 0.1) is 6.61 Å². The highest BCUT2D eigenvalue weighted by Gasteiger charge is 2.38. The maximum Gasteiger partial charge on any atom is 0.471 e. The zero-order valence-corrected chi connectivity index (χ0v) is 16.7. The van der Waals surface area contributed by atoms with E-state index in [0.717, 1.165) is 5.56 Å².